The largest absolute Gasteiger partial charge is 0.316 e. The number of hydrogen-bond donors (Lipinski definition) is 1. The van der Waals surface area contributed by atoms with E-state index < -0.39 is 5.41 Å². The van der Waals surface area contributed by atoms with Gasteiger partial charge in [0.15, 0.2) is 5.78 Å². The first-order valence-electron chi connectivity index (χ1n) is 15.2. The summed E-state index contributed by atoms with van der Waals surface area (Å²) in [5.41, 5.74) is 8.53. The van der Waals surface area contributed by atoms with E-state index in [9.17, 15) is 4.79 Å². The second-order valence-electron chi connectivity index (χ2n) is 11.8. The predicted octanol–water partition coefficient (Wildman–Crippen LogP) is 6.36. The van der Waals surface area contributed by atoms with Crippen molar-refractivity contribution >= 4 is 11.4 Å². The summed E-state index contributed by atoms with van der Waals surface area (Å²) < 4.78 is 2.22. The van der Waals surface area contributed by atoms with Gasteiger partial charge in [-0.3, -0.25) is 14.7 Å². The molecule has 0 saturated heterocycles. The van der Waals surface area contributed by atoms with E-state index in [1.165, 1.54) is 22.4 Å². The minimum absolute atomic E-state index is 0.241. The van der Waals surface area contributed by atoms with Crippen LogP contribution in [0.3, 0.4) is 0 Å². The molecule has 41 heavy (non-hydrogen) atoms. The number of ketones is 1. The number of nitrogens with one attached hydrogen (secondary N) is 1. The molecule has 0 radical (unpaired) electrons. The number of likely N-dealkylation sites (N-methyl/N-ethyl adjacent to an activating group) is 1. The van der Waals surface area contributed by atoms with Gasteiger partial charge in [-0.1, -0.05) is 37.1 Å². The summed E-state index contributed by atoms with van der Waals surface area (Å²) in [6, 6.07) is 15.0. The van der Waals surface area contributed by atoms with Crippen molar-refractivity contribution < 1.29 is 4.79 Å². The van der Waals surface area contributed by atoms with E-state index in [1.54, 1.807) is 0 Å². The molecule has 0 atom stereocenters. The number of rotatable bonds is 15. The third-order valence-electron chi connectivity index (χ3n) is 8.25. The summed E-state index contributed by atoms with van der Waals surface area (Å²) in [7, 11) is 0. The standard InChI is InChI=1S/C35H47N5O/c1-7-39(8-2)25-32(41)35(5,6)30-12-13-33-38-34(29-22-26(3)21-27(4)23-29)31(40(33)24-30)16-20-36-17-10-9-11-28-14-18-37-19-15-28/h12-15,18-19,21-24,36H,7-11,16-17,20,25H2,1-6H3. The number of fused-ring (bicyclic) bond motifs is 1. The van der Waals surface area contributed by atoms with Gasteiger partial charge < -0.3 is 9.72 Å². The summed E-state index contributed by atoms with van der Waals surface area (Å²) in [5, 5.41) is 3.66. The Balaban J connectivity index is 1.55. The fraction of sp³-hybridized carbons (Fsp3) is 0.457. The highest BCUT2D eigenvalue weighted by Gasteiger charge is 2.31. The molecule has 0 spiro atoms. The van der Waals surface area contributed by atoms with Crippen LogP contribution in [-0.4, -0.2) is 57.8 Å². The van der Waals surface area contributed by atoms with Crippen LogP contribution < -0.4 is 5.32 Å². The summed E-state index contributed by atoms with van der Waals surface area (Å²) in [5.74, 6) is 0.241. The zero-order valence-corrected chi connectivity index (χ0v) is 25.8. The SMILES string of the molecule is CCN(CC)CC(=O)C(C)(C)c1ccc2nc(-c3cc(C)cc(C)c3)c(CCNCCCCc3ccncc3)n2c1. The first kappa shape index (κ1) is 30.6. The Kier molecular flexibility index (Phi) is 10.5. The average Bonchev–Trinajstić information content (AvgIpc) is 3.33. The molecule has 3 heterocycles. The predicted molar refractivity (Wildman–Crippen MR) is 170 cm³/mol. The van der Waals surface area contributed by atoms with Gasteiger partial charge in [0.25, 0.3) is 0 Å². The monoisotopic (exact) mass is 553 g/mol. The van der Waals surface area contributed by atoms with Crippen molar-refractivity contribution in [1.82, 2.24) is 24.6 Å². The number of nitrogens with zero attached hydrogens (tertiary/aromatic N) is 4. The number of pyridine rings is 2. The summed E-state index contributed by atoms with van der Waals surface area (Å²) in [6.45, 7) is 16.7. The molecule has 0 saturated carbocycles. The first-order valence-corrected chi connectivity index (χ1v) is 15.2. The Labute approximate surface area is 246 Å². The Hall–Kier alpha value is -3.35. The molecular formula is C35H47N5O. The molecule has 0 aliphatic rings. The molecule has 3 aromatic heterocycles. The van der Waals surface area contributed by atoms with Gasteiger partial charge in [-0.2, -0.15) is 0 Å². The summed E-state index contributed by atoms with van der Waals surface area (Å²) >= 11 is 0. The molecule has 1 aromatic carbocycles. The molecule has 0 amide bonds. The molecule has 4 rings (SSSR count). The smallest absolute Gasteiger partial charge is 0.156 e. The lowest BCUT2D eigenvalue weighted by atomic mass is 9.81. The Morgan fingerprint density at radius 1 is 0.927 bits per heavy atom. The van der Waals surface area contributed by atoms with Crippen molar-refractivity contribution in [3.8, 4) is 11.3 Å². The number of carbonyl (C=O) groups is 1. The molecule has 218 valence electrons. The van der Waals surface area contributed by atoms with E-state index in [2.05, 4.69) is 110 Å². The van der Waals surface area contributed by atoms with Crippen molar-refractivity contribution in [3.05, 3.63) is 89.0 Å². The molecule has 1 N–H and O–H groups in total. The van der Waals surface area contributed by atoms with Crippen LogP contribution in [0.4, 0.5) is 0 Å². The molecular weight excluding hydrogens is 506 g/mol. The number of unbranched alkanes of at least 4 members (excludes halogenated alkanes) is 1. The normalized spacial score (nSPS) is 12.0. The van der Waals surface area contributed by atoms with Crippen LogP contribution >= 0.6 is 0 Å². The molecule has 6 nitrogen and oxygen atoms in total. The third-order valence-corrected chi connectivity index (χ3v) is 8.25. The lowest BCUT2D eigenvalue weighted by molar-refractivity contribution is -0.124. The van der Waals surface area contributed by atoms with Crippen molar-refractivity contribution in [2.45, 2.75) is 72.6 Å². The van der Waals surface area contributed by atoms with Crippen molar-refractivity contribution in [2.24, 2.45) is 0 Å². The van der Waals surface area contributed by atoms with Gasteiger partial charge in [0.2, 0.25) is 0 Å². The topological polar surface area (TPSA) is 62.5 Å². The number of aryl methyl sites for hydroxylation is 3. The number of benzene rings is 1. The minimum Gasteiger partial charge on any atom is -0.316 e. The van der Waals surface area contributed by atoms with Gasteiger partial charge in [0.1, 0.15) is 5.65 Å². The van der Waals surface area contributed by atoms with Crippen molar-refractivity contribution in [3.63, 3.8) is 0 Å². The van der Waals surface area contributed by atoms with Crippen LogP contribution in [0.1, 0.15) is 68.5 Å². The van der Waals surface area contributed by atoms with E-state index >= 15 is 0 Å². The Morgan fingerprint density at radius 2 is 1.63 bits per heavy atom. The number of imidazole rings is 1. The fourth-order valence-electron chi connectivity index (χ4n) is 5.51. The van der Waals surface area contributed by atoms with Crippen LogP contribution in [0.5, 0.6) is 0 Å². The Morgan fingerprint density at radius 3 is 2.32 bits per heavy atom. The van der Waals surface area contributed by atoms with Gasteiger partial charge in [-0.25, -0.2) is 4.98 Å². The zero-order chi connectivity index (χ0) is 29.4. The molecule has 0 aliphatic heterocycles. The number of hydrogen-bond acceptors (Lipinski definition) is 5. The summed E-state index contributed by atoms with van der Waals surface area (Å²) in [6.07, 6.45) is 10.1. The maximum absolute atomic E-state index is 13.4. The van der Waals surface area contributed by atoms with Crippen LogP contribution in [-0.2, 0) is 23.1 Å². The van der Waals surface area contributed by atoms with Gasteiger partial charge in [-0.05, 0) is 108 Å². The average molecular weight is 554 g/mol. The second-order valence-corrected chi connectivity index (χ2v) is 11.8. The Bertz CT molecular complexity index is 1420. The fourth-order valence-corrected chi connectivity index (χ4v) is 5.51. The van der Waals surface area contributed by atoms with E-state index in [0.717, 1.165) is 74.3 Å². The van der Waals surface area contributed by atoms with Crippen LogP contribution in [0.25, 0.3) is 16.9 Å². The number of Topliss-reactive ketones (excluding diaryl/α,β-unsaturated/α-hetero) is 1. The molecule has 0 aliphatic carbocycles. The van der Waals surface area contributed by atoms with Crippen LogP contribution in [0.2, 0.25) is 0 Å². The van der Waals surface area contributed by atoms with E-state index in [0.29, 0.717) is 6.54 Å². The van der Waals surface area contributed by atoms with Crippen molar-refractivity contribution in [1.29, 1.82) is 0 Å². The minimum atomic E-state index is -0.592. The third kappa shape index (κ3) is 7.69. The van der Waals surface area contributed by atoms with Gasteiger partial charge in [0.05, 0.1) is 23.3 Å². The molecule has 4 aromatic rings. The molecule has 6 heteroatoms. The van der Waals surface area contributed by atoms with Crippen molar-refractivity contribution in [2.75, 3.05) is 32.7 Å². The number of carbonyl (C=O) groups excluding carboxylic acids is 1. The number of aromatic nitrogens is 3. The lowest BCUT2D eigenvalue weighted by Gasteiger charge is -2.27. The van der Waals surface area contributed by atoms with Gasteiger partial charge in [-0.15, -0.1) is 0 Å². The van der Waals surface area contributed by atoms with Crippen LogP contribution in [0, 0.1) is 13.8 Å². The zero-order valence-electron chi connectivity index (χ0n) is 25.8. The van der Waals surface area contributed by atoms with Gasteiger partial charge in [0, 0.05) is 37.1 Å². The van der Waals surface area contributed by atoms with E-state index in [4.69, 9.17) is 4.98 Å². The van der Waals surface area contributed by atoms with Crippen LogP contribution in [0.15, 0.2) is 61.1 Å². The molecule has 0 fully saturated rings. The highest BCUT2D eigenvalue weighted by molar-refractivity contribution is 5.91. The van der Waals surface area contributed by atoms with E-state index in [1.807, 2.05) is 12.4 Å². The first-order chi connectivity index (χ1) is 19.7. The maximum Gasteiger partial charge on any atom is 0.156 e. The molecule has 0 unspecified atom stereocenters. The maximum atomic E-state index is 13.4. The highest BCUT2D eigenvalue weighted by atomic mass is 16.1. The second kappa shape index (κ2) is 14.0. The van der Waals surface area contributed by atoms with Gasteiger partial charge >= 0.3 is 0 Å². The molecule has 0 bridgehead atoms. The lowest BCUT2D eigenvalue weighted by Crippen LogP contribution is -2.39. The summed E-state index contributed by atoms with van der Waals surface area (Å²) in [4.78, 5) is 24.8. The van der Waals surface area contributed by atoms with E-state index in [-0.39, 0.29) is 5.78 Å². The highest BCUT2D eigenvalue weighted by Crippen LogP contribution is 2.30. The quantitative estimate of drug-likeness (QED) is 0.174.